The number of carbonyl (C=O) groups is 1. The Labute approximate surface area is 176 Å². The van der Waals surface area contributed by atoms with Crippen molar-refractivity contribution >= 4 is 23.1 Å². The van der Waals surface area contributed by atoms with Gasteiger partial charge in [-0.25, -0.2) is 9.97 Å². The van der Waals surface area contributed by atoms with E-state index < -0.39 is 5.97 Å². The number of carboxylic acid groups (broad SMARTS) is 1. The highest BCUT2D eigenvalue weighted by molar-refractivity contribution is 5.95. The van der Waals surface area contributed by atoms with E-state index in [0.717, 1.165) is 48.0 Å². The van der Waals surface area contributed by atoms with Crippen molar-refractivity contribution in [1.29, 1.82) is 0 Å². The molecule has 0 aliphatic rings. The summed E-state index contributed by atoms with van der Waals surface area (Å²) < 4.78 is 12.3. The Balaban J connectivity index is 1.91. The summed E-state index contributed by atoms with van der Waals surface area (Å²) in [6, 6.07) is 9.94. The molecule has 6 nitrogen and oxygen atoms in total. The van der Waals surface area contributed by atoms with Crippen molar-refractivity contribution in [3.8, 4) is 17.2 Å². The molecule has 0 fully saturated rings. The Kier molecular flexibility index (Phi) is 7.60. The van der Waals surface area contributed by atoms with Gasteiger partial charge in [-0.1, -0.05) is 55.8 Å². The van der Waals surface area contributed by atoms with Crippen molar-refractivity contribution in [2.45, 2.75) is 58.5 Å². The molecule has 158 valence electrons. The van der Waals surface area contributed by atoms with Crippen LogP contribution in [0.1, 0.15) is 57.9 Å². The predicted octanol–water partition coefficient (Wildman–Crippen LogP) is 6.12. The fourth-order valence-electron chi connectivity index (χ4n) is 3.30. The standard InChI is InChI=1S/C24H28N2O4/c1-3-4-6-14-19-21-23(29-17(2)11-9-10-15-20(27)28)25-16-26-24(21)30-22(19)18-12-7-5-8-13-18/h5-8,12-14,16-17H,3-4,9-11,15H2,1-2H3,(H,27,28)/t17-/m1/s1. The van der Waals surface area contributed by atoms with Gasteiger partial charge < -0.3 is 14.3 Å². The van der Waals surface area contributed by atoms with E-state index in [0.29, 0.717) is 18.0 Å². The highest BCUT2D eigenvalue weighted by Gasteiger charge is 2.21. The van der Waals surface area contributed by atoms with Gasteiger partial charge in [-0.15, -0.1) is 0 Å². The zero-order chi connectivity index (χ0) is 21.3. The van der Waals surface area contributed by atoms with Crippen LogP contribution in [0.3, 0.4) is 0 Å². The second-order valence-electron chi connectivity index (χ2n) is 7.33. The number of furan rings is 1. The van der Waals surface area contributed by atoms with Crippen LogP contribution in [0.5, 0.6) is 5.88 Å². The second-order valence-corrected chi connectivity index (χ2v) is 7.33. The lowest BCUT2D eigenvalue weighted by Gasteiger charge is -2.14. The third-order valence-electron chi connectivity index (χ3n) is 4.83. The number of nitrogens with zero attached hydrogens (tertiary/aromatic N) is 2. The van der Waals surface area contributed by atoms with Crippen molar-refractivity contribution in [2.24, 2.45) is 0 Å². The van der Waals surface area contributed by atoms with Crippen LogP contribution in [-0.4, -0.2) is 27.1 Å². The summed E-state index contributed by atoms with van der Waals surface area (Å²) in [6.45, 7) is 4.11. The van der Waals surface area contributed by atoms with E-state index in [1.54, 1.807) is 0 Å². The van der Waals surface area contributed by atoms with Crippen LogP contribution in [0.15, 0.2) is 47.2 Å². The fourth-order valence-corrected chi connectivity index (χ4v) is 3.30. The number of carboxylic acids is 1. The molecule has 6 heteroatoms. The van der Waals surface area contributed by atoms with E-state index in [-0.39, 0.29) is 12.5 Å². The van der Waals surface area contributed by atoms with E-state index in [1.165, 1.54) is 6.33 Å². The molecule has 3 rings (SSSR count). The van der Waals surface area contributed by atoms with Gasteiger partial charge in [0.05, 0.1) is 6.10 Å². The molecule has 0 bridgehead atoms. The first-order valence-electron chi connectivity index (χ1n) is 10.5. The van der Waals surface area contributed by atoms with Gasteiger partial charge in [-0.05, 0) is 32.6 Å². The number of ether oxygens (including phenoxy) is 1. The van der Waals surface area contributed by atoms with Gasteiger partial charge in [0, 0.05) is 17.5 Å². The van der Waals surface area contributed by atoms with Crippen LogP contribution >= 0.6 is 0 Å². The number of benzene rings is 1. The molecule has 2 heterocycles. The maximum atomic E-state index is 10.7. The van der Waals surface area contributed by atoms with Crippen molar-refractivity contribution in [3.05, 3.63) is 48.3 Å². The fraction of sp³-hybridized carbons (Fsp3) is 0.375. The van der Waals surface area contributed by atoms with Crippen LogP contribution in [-0.2, 0) is 4.79 Å². The van der Waals surface area contributed by atoms with E-state index in [9.17, 15) is 4.79 Å². The molecule has 0 spiro atoms. The number of rotatable bonds is 11. The van der Waals surface area contributed by atoms with Crippen LogP contribution in [0.25, 0.3) is 28.5 Å². The van der Waals surface area contributed by atoms with Crippen molar-refractivity contribution < 1.29 is 19.1 Å². The molecule has 30 heavy (non-hydrogen) atoms. The first-order valence-corrected chi connectivity index (χ1v) is 10.5. The van der Waals surface area contributed by atoms with Gasteiger partial charge in [0.15, 0.2) is 0 Å². The third kappa shape index (κ3) is 5.47. The third-order valence-corrected chi connectivity index (χ3v) is 4.83. The molecule has 1 N–H and O–H groups in total. The van der Waals surface area contributed by atoms with Gasteiger partial charge in [0.2, 0.25) is 11.6 Å². The molecule has 0 aliphatic heterocycles. The molecule has 0 saturated heterocycles. The molecular formula is C24H28N2O4. The van der Waals surface area contributed by atoms with Crippen molar-refractivity contribution in [3.63, 3.8) is 0 Å². The lowest BCUT2D eigenvalue weighted by molar-refractivity contribution is -0.137. The molecule has 0 amide bonds. The lowest BCUT2D eigenvalue weighted by atomic mass is 10.1. The highest BCUT2D eigenvalue weighted by Crippen LogP contribution is 2.38. The zero-order valence-corrected chi connectivity index (χ0v) is 17.5. The minimum atomic E-state index is -0.767. The summed E-state index contributed by atoms with van der Waals surface area (Å²) >= 11 is 0. The van der Waals surface area contributed by atoms with Crippen LogP contribution in [0, 0.1) is 0 Å². The molecule has 0 aliphatic carbocycles. The van der Waals surface area contributed by atoms with Crippen molar-refractivity contribution in [1.82, 2.24) is 9.97 Å². The number of unbranched alkanes of at least 4 members (excludes halogenated alkanes) is 2. The second kappa shape index (κ2) is 10.6. The maximum Gasteiger partial charge on any atom is 0.303 e. The van der Waals surface area contributed by atoms with E-state index in [2.05, 4.69) is 29.0 Å². The monoisotopic (exact) mass is 408 g/mol. The summed E-state index contributed by atoms with van der Waals surface area (Å²) in [6.07, 6.45) is 9.91. The summed E-state index contributed by atoms with van der Waals surface area (Å²) in [4.78, 5) is 19.4. The van der Waals surface area contributed by atoms with Gasteiger partial charge in [0.1, 0.15) is 17.5 Å². The van der Waals surface area contributed by atoms with E-state index in [1.807, 2.05) is 37.3 Å². The average molecular weight is 408 g/mol. The molecule has 0 saturated carbocycles. The number of fused-ring (bicyclic) bond motifs is 1. The molecule has 3 aromatic rings. The molecule has 0 unspecified atom stereocenters. The van der Waals surface area contributed by atoms with E-state index in [4.69, 9.17) is 14.3 Å². The van der Waals surface area contributed by atoms with Gasteiger partial charge in [-0.2, -0.15) is 0 Å². The summed E-state index contributed by atoms with van der Waals surface area (Å²) in [7, 11) is 0. The van der Waals surface area contributed by atoms with Gasteiger partial charge in [0.25, 0.3) is 0 Å². The molecule has 1 atom stereocenters. The minimum absolute atomic E-state index is 0.0977. The highest BCUT2D eigenvalue weighted by atomic mass is 16.5. The molecular weight excluding hydrogens is 380 g/mol. The number of hydrogen-bond donors (Lipinski definition) is 1. The number of hydrogen-bond acceptors (Lipinski definition) is 5. The zero-order valence-electron chi connectivity index (χ0n) is 17.5. The van der Waals surface area contributed by atoms with Gasteiger partial charge in [-0.3, -0.25) is 4.79 Å². The quantitative estimate of drug-likeness (QED) is 0.385. The predicted molar refractivity (Wildman–Crippen MR) is 117 cm³/mol. The summed E-state index contributed by atoms with van der Waals surface area (Å²) in [5.74, 6) is 0.474. The normalized spacial score (nSPS) is 12.5. The van der Waals surface area contributed by atoms with Crippen LogP contribution < -0.4 is 4.74 Å². The smallest absolute Gasteiger partial charge is 0.303 e. The molecule has 0 radical (unpaired) electrons. The largest absolute Gasteiger partial charge is 0.481 e. The Hall–Kier alpha value is -3.15. The average Bonchev–Trinajstić information content (AvgIpc) is 3.12. The Morgan fingerprint density at radius 3 is 2.77 bits per heavy atom. The topological polar surface area (TPSA) is 85.5 Å². The molecule has 1 aromatic carbocycles. The molecule has 2 aromatic heterocycles. The minimum Gasteiger partial charge on any atom is -0.481 e. The SMILES string of the molecule is CCCC=Cc1c(-c2ccccc2)oc2ncnc(O[C@H](C)CCCCC(=O)O)c12. The number of aromatic nitrogens is 2. The first-order chi connectivity index (χ1) is 14.6. The Morgan fingerprint density at radius 2 is 2.03 bits per heavy atom. The number of aliphatic carboxylic acids is 1. The first kappa shape index (κ1) is 21.6. The van der Waals surface area contributed by atoms with Crippen LogP contribution in [0.2, 0.25) is 0 Å². The van der Waals surface area contributed by atoms with Crippen molar-refractivity contribution in [2.75, 3.05) is 0 Å². The number of allylic oxidation sites excluding steroid dienone is 1. The van der Waals surface area contributed by atoms with Gasteiger partial charge >= 0.3 is 5.97 Å². The summed E-state index contributed by atoms with van der Waals surface area (Å²) in [5.41, 5.74) is 2.38. The Bertz CT molecular complexity index is 995. The maximum absolute atomic E-state index is 10.7. The van der Waals surface area contributed by atoms with Crippen LogP contribution in [0.4, 0.5) is 0 Å². The summed E-state index contributed by atoms with van der Waals surface area (Å²) in [5, 5.41) is 9.55. The lowest BCUT2D eigenvalue weighted by Crippen LogP contribution is -2.13. The Morgan fingerprint density at radius 1 is 1.23 bits per heavy atom. The van der Waals surface area contributed by atoms with E-state index >= 15 is 0 Å².